The van der Waals surface area contributed by atoms with Gasteiger partial charge in [0.1, 0.15) is 5.75 Å². The van der Waals surface area contributed by atoms with Crippen molar-refractivity contribution in [3.05, 3.63) is 52.4 Å². The number of carbonyl (C=O) groups excluding carboxylic acids is 1. The van der Waals surface area contributed by atoms with Crippen LogP contribution in [0.15, 0.2) is 36.4 Å². The number of benzene rings is 2. The average molecular weight is 409 g/mol. The summed E-state index contributed by atoms with van der Waals surface area (Å²) in [5.41, 5.74) is 4.89. The van der Waals surface area contributed by atoms with E-state index in [4.69, 9.17) is 4.74 Å². The molecule has 29 heavy (non-hydrogen) atoms. The summed E-state index contributed by atoms with van der Waals surface area (Å²) < 4.78 is 7.55. The van der Waals surface area contributed by atoms with Crippen LogP contribution in [0.5, 0.6) is 5.75 Å². The number of ketones is 1. The molecule has 0 spiro atoms. The SMILES string of the molecule is CCCCOc1c(-c2cccc3sc(C(C)=O)cc23)cc(C(C)C)cc1C(C)C. The van der Waals surface area contributed by atoms with Gasteiger partial charge in [-0.25, -0.2) is 0 Å². The first-order valence-corrected chi connectivity index (χ1v) is 11.5. The highest BCUT2D eigenvalue weighted by Crippen LogP contribution is 2.43. The highest BCUT2D eigenvalue weighted by molar-refractivity contribution is 7.20. The Balaban J connectivity index is 2.28. The van der Waals surface area contributed by atoms with Crippen molar-refractivity contribution in [1.29, 1.82) is 0 Å². The second-order valence-corrected chi connectivity index (χ2v) is 9.47. The number of Topliss-reactive ketones (excluding diaryl/α,β-unsaturated/α-hetero) is 1. The summed E-state index contributed by atoms with van der Waals surface area (Å²) in [5.74, 6) is 1.93. The van der Waals surface area contributed by atoms with Gasteiger partial charge >= 0.3 is 0 Å². The van der Waals surface area contributed by atoms with Crippen LogP contribution in [-0.4, -0.2) is 12.4 Å². The van der Waals surface area contributed by atoms with Gasteiger partial charge in [0.2, 0.25) is 0 Å². The van der Waals surface area contributed by atoms with Gasteiger partial charge in [0.15, 0.2) is 5.78 Å². The van der Waals surface area contributed by atoms with Gasteiger partial charge in [-0.3, -0.25) is 4.79 Å². The fourth-order valence-corrected chi connectivity index (χ4v) is 4.57. The van der Waals surface area contributed by atoms with Crippen molar-refractivity contribution in [3.8, 4) is 16.9 Å². The molecule has 0 atom stereocenters. The smallest absolute Gasteiger partial charge is 0.169 e. The molecule has 0 unspecified atom stereocenters. The van der Waals surface area contributed by atoms with E-state index in [1.54, 1.807) is 18.3 Å². The third-order valence-electron chi connectivity index (χ3n) is 5.37. The molecule has 1 heterocycles. The summed E-state index contributed by atoms with van der Waals surface area (Å²) in [4.78, 5) is 12.8. The Kier molecular flexibility index (Phi) is 6.79. The molecule has 0 N–H and O–H groups in total. The van der Waals surface area contributed by atoms with Gasteiger partial charge in [-0.15, -0.1) is 11.3 Å². The molecule has 0 bridgehead atoms. The molecule has 2 aromatic carbocycles. The predicted molar refractivity (Wildman–Crippen MR) is 126 cm³/mol. The number of carbonyl (C=O) groups is 1. The fraction of sp³-hybridized carbons (Fsp3) is 0.423. The fourth-order valence-electron chi connectivity index (χ4n) is 3.59. The predicted octanol–water partition coefficient (Wildman–Crippen LogP) is 8.20. The van der Waals surface area contributed by atoms with E-state index < -0.39 is 0 Å². The lowest BCUT2D eigenvalue weighted by Gasteiger charge is -2.22. The van der Waals surface area contributed by atoms with Gasteiger partial charge < -0.3 is 4.74 Å². The monoisotopic (exact) mass is 408 g/mol. The van der Waals surface area contributed by atoms with Crippen LogP contribution in [0.3, 0.4) is 0 Å². The first-order valence-electron chi connectivity index (χ1n) is 10.7. The number of fused-ring (bicyclic) bond motifs is 1. The van der Waals surface area contributed by atoms with Crippen LogP contribution in [0.1, 0.15) is 87.0 Å². The highest BCUT2D eigenvalue weighted by Gasteiger charge is 2.20. The van der Waals surface area contributed by atoms with Gasteiger partial charge in [0.05, 0.1) is 11.5 Å². The molecule has 3 aromatic rings. The van der Waals surface area contributed by atoms with E-state index in [-0.39, 0.29) is 5.78 Å². The maximum atomic E-state index is 12.0. The number of unbranched alkanes of at least 4 members (excludes halogenated alkanes) is 1. The Labute approximate surface area is 178 Å². The largest absolute Gasteiger partial charge is 0.493 e. The minimum absolute atomic E-state index is 0.121. The number of hydrogen-bond acceptors (Lipinski definition) is 3. The van der Waals surface area contributed by atoms with E-state index in [0.29, 0.717) is 11.8 Å². The van der Waals surface area contributed by atoms with Crippen molar-refractivity contribution >= 4 is 27.2 Å². The van der Waals surface area contributed by atoms with E-state index in [2.05, 4.69) is 65.0 Å². The molecular weight excluding hydrogens is 376 g/mol. The zero-order valence-corrected chi connectivity index (χ0v) is 19.3. The van der Waals surface area contributed by atoms with E-state index >= 15 is 0 Å². The molecule has 0 amide bonds. The lowest BCUT2D eigenvalue weighted by molar-refractivity contribution is 0.102. The lowest BCUT2D eigenvalue weighted by Crippen LogP contribution is -2.05. The number of rotatable bonds is 8. The topological polar surface area (TPSA) is 26.3 Å². The first kappa shape index (κ1) is 21.6. The number of thiophene rings is 1. The first-order chi connectivity index (χ1) is 13.8. The summed E-state index contributed by atoms with van der Waals surface area (Å²) in [6.45, 7) is 13.5. The van der Waals surface area contributed by atoms with Crippen LogP contribution in [-0.2, 0) is 0 Å². The Morgan fingerprint density at radius 1 is 1.03 bits per heavy atom. The zero-order valence-electron chi connectivity index (χ0n) is 18.5. The Morgan fingerprint density at radius 3 is 2.41 bits per heavy atom. The normalized spacial score (nSPS) is 11.6. The second kappa shape index (κ2) is 9.13. The molecular formula is C26H32O2S. The third kappa shape index (κ3) is 4.56. The van der Waals surface area contributed by atoms with Crippen LogP contribution in [0.2, 0.25) is 0 Å². The van der Waals surface area contributed by atoms with Crippen LogP contribution in [0.4, 0.5) is 0 Å². The second-order valence-electron chi connectivity index (χ2n) is 8.38. The molecule has 0 radical (unpaired) electrons. The minimum Gasteiger partial charge on any atom is -0.493 e. The van der Waals surface area contributed by atoms with Gasteiger partial charge in [-0.2, -0.15) is 0 Å². The maximum absolute atomic E-state index is 12.0. The van der Waals surface area contributed by atoms with Crippen LogP contribution in [0.25, 0.3) is 21.2 Å². The molecule has 3 heteroatoms. The van der Waals surface area contributed by atoms with Crippen molar-refractivity contribution in [2.45, 2.75) is 66.2 Å². The molecule has 1 aromatic heterocycles. The standard InChI is InChI=1S/C26H32O2S/c1-7-8-12-28-26-21(17(4)5)13-19(16(2)3)14-23(26)20-10-9-11-24-22(20)15-25(29-24)18(6)27/h9-11,13-17H,7-8,12H2,1-6H3. The molecule has 2 nitrogen and oxygen atoms in total. The van der Waals surface area contributed by atoms with E-state index in [1.807, 2.05) is 6.07 Å². The van der Waals surface area contributed by atoms with Crippen LogP contribution < -0.4 is 4.74 Å². The summed E-state index contributed by atoms with van der Waals surface area (Å²) in [7, 11) is 0. The quantitative estimate of drug-likeness (QED) is 0.277. The van der Waals surface area contributed by atoms with Gasteiger partial charge in [0, 0.05) is 15.6 Å². The summed E-state index contributed by atoms with van der Waals surface area (Å²) >= 11 is 1.57. The van der Waals surface area contributed by atoms with Gasteiger partial charge in [-0.05, 0) is 60.1 Å². The van der Waals surface area contributed by atoms with Crippen LogP contribution in [0, 0.1) is 0 Å². The molecule has 0 aliphatic heterocycles. The highest BCUT2D eigenvalue weighted by atomic mass is 32.1. The molecule has 0 saturated carbocycles. The minimum atomic E-state index is 0.121. The molecule has 0 aliphatic carbocycles. The van der Waals surface area contributed by atoms with E-state index in [0.717, 1.165) is 51.3 Å². The van der Waals surface area contributed by atoms with Crippen molar-refractivity contribution in [2.75, 3.05) is 6.61 Å². The zero-order chi connectivity index (χ0) is 21.1. The Morgan fingerprint density at radius 2 is 1.79 bits per heavy atom. The summed E-state index contributed by atoms with van der Waals surface area (Å²) in [6.07, 6.45) is 2.15. The van der Waals surface area contributed by atoms with Crippen molar-refractivity contribution in [3.63, 3.8) is 0 Å². The Hall–Kier alpha value is -2.13. The summed E-state index contributed by atoms with van der Waals surface area (Å²) in [6, 6.07) is 13.0. The lowest BCUT2D eigenvalue weighted by atomic mass is 9.88. The van der Waals surface area contributed by atoms with Crippen LogP contribution >= 0.6 is 11.3 Å². The summed E-state index contributed by atoms with van der Waals surface area (Å²) in [5, 5.41) is 1.14. The average Bonchev–Trinajstić information content (AvgIpc) is 3.12. The molecule has 0 saturated heterocycles. The molecule has 3 rings (SSSR count). The Bertz CT molecular complexity index is 1010. The molecule has 0 aliphatic rings. The third-order valence-corrected chi connectivity index (χ3v) is 6.57. The molecule has 154 valence electrons. The van der Waals surface area contributed by atoms with E-state index in [1.165, 1.54) is 11.1 Å². The van der Waals surface area contributed by atoms with E-state index in [9.17, 15) is 4.79 Å². The number of hydrogen-bond donors (Lipinski definition) is 0. The maximum Gasteiger partial charge on any atom is 0.169 e. The molecule has 0 fully saturated rings. The van der Waals surface area contributed by atoms with Gasteiger partial charge in [0.25, 0.3) is 0 Å². The van der Waals surface area contributed by atoms with Crippen molar-refractivity contribution in [1.82, 2.24) is 0 Å². The van der Waals surface area contributed by atoms with Crippen molar-refractivity contribution in [2.24, 2.45) is 0 Å². The van der Waals surface area contributed by atoms with Crippen molar-refractivity contribution < 1.29 is 9.53 Å². The number of ether oxygens (including phenoxy) is 1. The van der Waals surface area contributed by atoms with Gasteiger partial charge in [-0.1, -0.05) is 59.2 Å².